The van der Waals surface area contributed by atoms with Crippen molar-refractivity contribution >= 4 is 34.0 Å². The van der Waals surface area contributed by atoms with Crippen LogP contribution in [-0.2, 0) is 17.6 Å². The van der Waals surface area contributed by atoms with Crippen molar-refractivity contribution in [3.63, 3.8) is 0 Å². The number of aromatic nitrogens is 2. The Kier molecular flexibility index (Phi) is 7.91. The average Bonchev–Trinajstić information content (AvgIpc) is 3.52. The fourth-order valence-electron chi connectivity index (χ4n) is 5.28. The molecule has 220 valence electrons. The maximum absolute atomic E-state index is 14.2. The lowest BCUT2D eigenvalue weighted by Gasteiger charge is -2.33. The van der Waals surface area contributed by atoms with Gasteiger partial charge in [0.05, 0.1) is 31.9 Å². The van der Waals surface area contributed by atoms with Crippen LogP contribution in [0.5, 0.6) is 11.5 Å². The number of carbonyl (C=O) groups is 2. The third-order valence-electron chi connectivity index (χ3n) is 7.18. The van der Waals surface area contributed by atoms with Gasteiger partial charge in [-0.25, -0.2) is 9.48 Å². The monoisotopic (exact) mass is 592 g/mol. The van der Waals surface area contributed by atoms with E-state index in [9.17, 15) is 22.8 Å². The highest BCUT2D eigenvalue weighted by Gasteiger charge is 2.47. The van der Waals surface area contributed by atoms with Crippen LogP contribution in [-0.4, -0.2) is 48.2 Å². The van der Waals surface area contributed by atoms with Crippen LogP contribution in [0.3, 0.4) is 0 Å². The summed E-state index contributed by atoms with van der Waals surface area (Å²) in [6.45, 7) is 3.48. The number of nitrogens with one attached hydrogen (secondary N) is 2. The molecule has 1 aliphatic heterocycles. The molecule has 9 nitrogen and oxygen atoms in total. The fraction of sp³-hybridized carbons (Fsp3) is 0.464. The van der Waals surface area contributed by atoms with E-state index >= 15 is 0 Å². The molecule has 13 heteroatoms. The normalized spacial score (nSPS) is 18.2. The molecule has 0 unspecified atom stereocenters. The second-order valence-corrected chi connectivity index (χ2v) is 11.4. The van der Waals surface area contributed by atoms with Crippen LogP contribution in [0.15, 0.2) is 24.3 Å². The van der Waals surface area contributed by atoms with Gasteiger partial charge < -0.3 is 24.8 Å². The number of carbonyl (C=O) groups excluding carboxylic acids is 2. The summed E-state index contributed by atoms with van der Waals surface area (Å²) in [6, 6.07) is 3.52. The highest BCUT2D eigenvalue weighted by molar-refractivity contribution is 7.17. The van der Waals surface area contributed by atoms with Crippen molar-refractivity contribution in [3.8, 4) is 11.5 Å². The molecular formula is C28H31F3N4O5S. The molecule has 0 saturated heterocycles. The van der Waals surface area contributed by atoms with Gasteiger partial charge in [-0.05, 0) is 62.8 Å². The number of benzene rings is 1. The molecule has 3 heterocycles. The second kappa shape index (κ2) is 11.3. The van der Waals surface area contributed by atoms with Gasteiger partial charge in [-0.3, -0.25) is 4.79 Å². The van der Waals surface area contributed by atoms with Crippen LogP contribution in [0.2, 0.25) is 0 Å². The average molecular weight is 593 g/mol. The number of methoxy groups -OCH3 is 2. The van der Waals surface area contributed by atoms with Crippen LogP contribution in [0.1, 0.15) is 82.0 Å². The van der Waals surface area contributed by atoms with E-state index in [4.69, 9.17) is 14.2 Å². The SMILES string of the molecule is COc1ccc([C@H]2C[C@@H](C(F)(F)F)n3nc(C(=O)Nc4sc5c(c4C(=O)OC(C)C)CCCC5)cc3N2)cc1OC. The van der Waals surface area contributed by atoms with Gasteiger partial charge in [0.2, 0.25) is 0 Å². The van der Waals surface area contributed by atoms with E-state index in [-0.39, 0.29) is 24.0 Å². The number of rotatable bonds is 7. The number of anilines is 2. The van der Waals surface area contributed by atoms with E-state index < -0.39 is 30.1 Å². The topological polar surface area (TPSA) is 104 Å². The van der Waals surface area contributed by atoms with Gasteiger partial charge in [-0.15, -0.1) is 11.3 Å². The molecule has 2 aliphatic rings. The van der Waals surface area contributed by atoms with E-state index in [1.165, 1.54) is 31.6 Å². The number of hydrogen-bond acceptors (Lipinski definition) is 8. The predicted octanol–water partition coefficient (Wildman–Crippen LogP) is 6.32. The third-order valence-corrected chi connectivity index (χ3v) is 8.38. The van der Waals surface area contributed by atoms with Crippen LogP contribution in [0.25, 0.3) is 0 Å². The van der Waals surface area contributed by atoms with Crippen molar-refractivity contribution in [2.75, 3.05) is 24.9 Å². The molecule has 2 N–H and O–H groups in total. The summed E-state index contributed by atoms with van der Waals surface area (Å²) in [5.41, 5.74) is 1.54. The molecule has 0 bridgehead atoms. The zero-order valence-electron chi connectivity index (χ0n) is 23.1. The maximum atomic E-state index is 14.2. The Labute approximate surface area is 239 Å². The first-order valence-corrected chi connectivity index (χ1v) is 14.1. The van der Waals surface area contributed by atoms with Gasteiger partial charge in [0.1, 0.15) is 10.8 Å². The summed E-state index contributed by atoms with van der Waals surface area (Å²) in [7, 11) is 2.93. The summed E-state index contributed by atoms with van der Waals surface area (Å²) in [6.07, 6.45) is -1.96. The van der Waals surface area contributed by atoms with Gasteiger partial charge in [0.25, 0.3) is 5.91 Å². The van der Waals surface area contributed by atoms with E-state index in [0.717, 1.165) is 34.4 Å². The van der Waals surface area contributed by atoms with Crippen molar-refractivity contribution in [1.82, 2.24) is 9.78 Å². The Morgan fingerprint density at radius 1 is 1.12 bits per heavy atom. The Morgan fingerprint density at radius 3 is 2.54 bits per heavy atom. The maximum Gasteiger partial charge on any atom is 0.410 e. The number of thiophene rings is 1. The summed E-state index contributed by atoms with van der Waals surface area (Å²) >= 11 is 1.30. The minimum atomic E-state index is -4.62. The number of halogens is 3. The largest absolute Gasteiger partial charge is 0.493 e. The van der Waals surface area contributed by atoms with Crippen molar-refractivity contribution in [2.45, 2.75) is 70.3 Å². The first kappa shape index (κ1) is 28.8. The van der Waals surface area contributed by atoms with Crippen molar-refractivity contribution in [3.05, 3.63) is 51.5 Å². The van der Waals surface area contributed by atoms with Crippen molar-refractivity contribution in [2.24, 2.45) is 0 Å². The van der Waals surface area contributed by atoms with Crippen molar-refractivity contribution < 1.29 is 37.0 Å². The van der Waals surface area contributed by atoms with E-state index in [2.05, 4.69) is 15.7 Å². The molecule has 0 fully saturated rings. The van der Waals surface area contributed by atoms with Gasteiger partial charge in [-0.2, -0.15) is 18.3 Å². The lowest BCUT2D eigenvalue weighted by Crippen LogP contribution is -2.35. The molecule has 41 heavy (non-hydrogen) atoms. The number of alkyl halides is 3. The molecular weight excluding hydrogens is 561 g/mol. The van der Waals surface area contributed by atoms with Crippen LogP contribution >= 0.6 is 11.3 Å². The molecule has 1 aromatic carbocycles. The standard InChI is InChI=1S/C28H31F3N4O5S/c1-14(2)40-27(37)24-16-7-5-6-8-21(16)41-26(24)33-25(36)18-13-23-32-17(12-22(28(29,30)31)35(23)34-18)15-9-10-19(38-3)20(11-15)39-4/h9-11,13-14,17,22,32H,5-8,12H2,1-4H3,(H,33,36)/t17-,22+/m1/s1. The Morgan fingerprint density at radius 2 is 1.85 bits per heavy atom. The van der Waals surface area contributed by atoms with Gasteiger partial charge in [0.15, 0.2) is 23.2 Å². The minimum absolute atomic E-state index is 0.0495. The number of ether oxygens (including phenoxy) is 3. The van der Waals surface area contributed by atoms with E-state index in [1.54, 1.807) is 32.0 Å². The quantitative estimate of drug-likeness (QED) is 0.310. The van der Waals surface area contributed by atoms with Gasteiger partial charge >= 0.3 is 12.1 Å². The number of amides is 1. The number of esters is 1. The molecule has 0 spiro atoms. The first-order chi connectivity index (χ1) is 19.5. The lowest BCUT2D eigenvalue weighted by atomic mass is 9.95. The first-order valence-electron chi connectivity index (χ1n) is 13.3. The summed E-state index contributed by atoms with van der Waals surface area (Å²) in [5, 5.41) is 10.2. The molecule has 3 aromatic rings. The highest BCUT2D eigenvalue weighted by atomic mass is 32.1. The highest BCUT2D eigenvalue weighted by Crippen LogP contribution is 2.45. The smallest absolute Gasteiger partial charge is 0.410 e. The molecule has 1 amide bonds. The zero-order chi connectivity index (χ0) is 29.5. The molecule has 1 aliphatic carbocycles. The molecule has 0 radical (unpaired) electrons. The third kappa shape index (κ3) is 5.72. The van der Waals surface area contributed by atoms with Crippen LogP contribution in [0, 0.1) is 0 Å². The molecule has 2 atom stereocenters. The minimum Gasteiger partial charge on any atom is -0.493 e. The number of aryl methyl sites for hydroxylation is 1. The summed E-state index contributed by atoms with van der Waals surface area (Å²) in [5.74, 6) is -0.353. The van der Waals surface area contributed by atoms with Gasteiger partial charge in [-0.1, -0.05) is 6.07 Å². The van der Waals surface area contributed by atoms with Crippen LogP contribution in [0.4, 0.5) is 24.0 Å². The molecule has 5 rings (SSSR count). The number of fused-ring (bicyclic) bond motifs is 2. The summed E-state index contributed by atoms with van der Waals surface area (Å²) < 4.78 is 59.5. The Hall–Kier alpha value is -3.74. The molecule has 0 saturated carbocycles. The number of hydrogen-bond donors (Lipinski definition) is 2. The predicted molar refractivity (Wildman–Crippen MR) is 147 cm³/mol. The number of nitrogens with zero attached hydrogens (tertiary/aromatic N) is 2. The summed E-state index contributed by atoms with van der Waals surface area (Å²) in [4.78, 5) is 27.3. The van der Waals surface area contributed by atoms with Crippen LogP contribution < -0.4 is 20.1 Å². The van der Waals surface area contributed by atoms with Gasteiger partial charge in [0, 0.05) is 17.4 Å². The Balaban J connectivity index is 1.45. The van der Waals surface area contributed by atoms with E-state index in [1.807, 2.05) is 0 Å². The molecule has 2 aromatic heterocycles. The lowest BCUT2D eigenvalue weighted by molar-refractivity contribution is -0.173. The Bertz CT molecular complexity index is 1470. The van der Waals surface area contributed by atoms with Crippen molar-refractivity contribution in [1.29, 1.82) is 0 Å². The fourth-order valence-corrected chi connectivity index (χ4v) is 6.56. The zero-order valence-corrected chi connectivity index (χ0v) is 23.9. The van der Waals surface area contributed by atoms with E-state index in [0.29, 0.717) is 34.0 Å². The second-order valence-electron chi connectivity index (χ2n) is 10.3.